The number of aryl methyl sites for hydroxylation is 1. The summed E-state index contributed by atoms with van der Waals surface area (Å²) < 4.78 is 5.75. The van der Waals surface area contributed by atoms with Crippen molar-refractivity contribution in [3.63, 3.8) is 0 Å². The van der Waals surface area contributed by atoms with Crippen molar-refractivity contribution in [1.82, 2.24) is 0 Å². The highest BCUT2D eigenvalue weighted by atomic mass is 16.5. The molecule has 2 heteroatoms. The van der Waals surface area contributed by atoms with Crippen molar-refractivity contribution >= 4 is 0 Å². The largest absolute Gasteiger partial charge is 0.457 e. The molecule has 17 heavy (non-hydrogen) atoms. The van der Waals surface area contributed by atoms with Gasteiger partial charge >= 0.3 is 0 Å². The van der Waals surface area contributed by atoms with Gasteiger partial charge in [0.25, 0.3) is 0 Å². The number of para-hydroxylation sites is 1. The van der Waals surface area contributed by atoms with Crippen LogP contribution in [0.2, 0.25) is 0 Å². The van der Waals surface area contributed by atoms with Crippen LogP contribution in [0.4, 0.5) is 0 Å². The molecule has 2 rings (SSSR count). The molecular weight excluding hydrogens is 210 g/mol. The van der Waals surface area contributed by atoms with Gasteiger partial charge in [0.15, 0.2) is 0 Å². The van der Waals surface area contributed by atoms with Gasteiger partial charge in [0.2, 0.25) is 0 Å². The second-order valence-electron chi connectivity index (χ2n) is 4.22. The highest BCUT2D eigenvalue weighted by Crippen LogP contribution is 2.25. The van der Waals surface area contributed by atoms with Crippen molar-refractivity contribution in [2.45, 2.75) is 19.9 Å². The molecule has 0 aromatic heterocycles. The quantitative estimate of drug-likeness (QED) is 0.865. The normalized spacial score (nSPS) is 12.2. The minimum Gasteiger partial charge on any atom is -0.457 e. The van der Waals surface area contributed by atoms with Gasteiger partial charge in [0.1, 0.15) is 11.5 Å². The summed E-state index contributed by atoms with van der Waals surface area (Å²) in [5.41, 5.74) is 8.19. The van der Waals surface area contributed by atoms with E-state index < -0.39 is 0 Å². The van der Waals surface area contributed by atoms with Crippen LogP contribution in [-0.2, 0) is 0 Å². The molecule has 0 heterocycles. The Balaban J connectivity index is 2.21. The summed E-state index contributed by atoms with van der Waals surface area (Å²) in [6.45, 7) is 4.04. The lowest BCUT2D eigenvalue weighted by Crippen LogP contribution is -2.06. The molecule has 0 amide bonds. The summed E-state index contributed by atoms with van der Waals surface area (Å²) >= 11 is 0. The summed E-state index contributed by atoms with van der Waals surface area (Å²) in [5, 5.41) is 0. The van der Waals surface area contributed by atoms with Crippen LogP contribution in [0.15, 0.2) is 48.5 Å². The molecule has 0 fully saturated rings. The van der Waals surface area contributed by atoms with E-state index in [1.807, 2.05) is 55.5 Å². The van der Waals surface area contributed by atoms with Crippen LogP contribution in [0.3, 0.4) is 0 Å². The van der Waals surface area contributed by atoms with Gasteiger partial charge in [0.05, 0.1) is 0 Å². The smallest absolute Gasteiger partial charge is 0.127 e. The molecule has 2 N–H and O–H groups in total. The second-order valence-corrected chi connectivity index (χ2v) is 4.22. The molecule has 2 nitrogen and oxygen atoms in total. The molecule has 88 valence electrons. The average molecular weight is 227 g/mol. The SMILES string of the molecule is Cc1cc(Oc2ccccc2)ccc1C(C)N. The van der Waals surface area contributed by atoms with Crippen molar-refractivity contribution in [3.8, 4) is 11.5 Å². The van der Waals surface area contributed by atoms with E-state index in [9.17, 15) is 0 Å². The van der Waals surface area contributed by atoms with Gasteiger partial charge in [-0.05, 0) is 49.2 Å². The Morgan fingerprint density at radius 3 is 2.29 bits per heavy atom. The lowest BCUT2D eigenvalue weighted by Gasteiger charge is -2.12. The first-order valence-corrected chi connectivity index (χ1v) is 5.76. The molecule has 0 radical (unpaired) electrons. The Kier molecular flexibility index (Phi) is 3.45. The van der Waals surface area contributed by atoms with Crippen LogP contribution in [0.5, 0.6) is 11.5 Å². The van der Waals surface area contributed by atoms with E-state index in [0.717, 1.165) is 22.6 Å². The van der Waals surface area contributed by atoms with Crippen LogP contribution in [0.1, 0.15) is 24.1 Å². The number of nitrogens with two attached hydrogens (primary N) is 1. The lowest BCUT2D eigenvalue weighted by molar-refractivity contribution is 0.482. The Hall–Kier alpha value is -1.80. The maximum absolute atomic E-state index is 5.88. The number of hydrogen-bond donors (Lipinski definition) is 1. The second kappa shape index (κ2) is 5.02. The van der Waals surface area contributed by atoms with E-state index in [1.54, 1.807) is 0 Å². The van der Waals surface area contributed by atoms with E-state index >= 15 is 0 Å². The first-order chi connectivity index (χ1) is 8.16. The zero-order valence-corrected chi connectivity index (χ0v) is 10.2. The van der Waals surface area contributed by atoms with E-state index in [2.05, 4.69) is 6.92 Å². The Morgan fingerprint density at radius 1 is 1.00 bits per heavy atom. The summed E-state index contributed by atoms with van der Waals surface area (Å²) in [5.74, 6) is 1.69. The van der Waals surface area contributed by atoms with Crippen LogP contribution in [-0.4, -0.2) is 0 Å². The Bertz CT molecular complexity index is 492. The minimum absolute atomic E-state index is 0.0563. The summed E-state index contributed by atoms with van der Waals surface area (Å²) in [6, 6.07) is 15.8. The molecule has 1 unspecified atom stereocenters. The zero-order chi connectivity index (χ0) is 12.3. The molecule has 0 bridgehead atoms. The maximum Gasteiger partial charge on any atom is 0.127 e. The average Bonchev–Trinajstić information content (AvgIpc) is 2.30. The Morgan fingerprint density at radius 2 is 1.71 bits per heavy atom. The van der Waals surface area contributed by atoms with Crippen molar-refractivity contribution in [1.29, 1.82) is 0 Å². The van der Waals surface area contributed by atoms with Gasteiger partial charge < -0.3 is 10.5 Å². The van der Waals surface area contributed by atoms with E-state index in [1.165, 1.54) is 0 Å². The van der Waals surface area contributed by atoms with Crippen molar-refractivity contribution < 1.29 is 4.74 Å². The van der Waals surface area contributed by atoms with Gasteiger partial charge in [-0.3, -0.25) is 0 Å². The van der Waals surface area contributed by atoms with Gasteiger partial charge in [-0.1, -0.05) is 24.3 Å². The van der Waals surface area contributed by atoms with Gasteiger partial charge in [0, 0.05) is 6.04 Å². The summed E-state index contributed by atoms with van der Waals surface area (Å²) in [4.78, 5) is 0. The monoisotopic (exact) mass is 227 g/mol. The molecule has 0 saturated heterocycles. The van der Waals surface area contributed by atoms with E-state index in [-0.39, 0.29) is 6.04 Å². The van der Waals surface area contributed by atoms with Crippen LogP contribution < -0.4 is 10.5 Å². The first kappa shape index (κ1) is 11.7. The van der Waals surface area contributed by atoms with Gasteiger partial charge in [-0.2, -0.15) is 0 Å². The first-order valence-electron chi connectivity index (χ1n) is 5.76. The third-order valence-electron chi connectivity index (χ3n) is 2.71. The molecule has 0 spiro atoms. The predicted octanol–water partition coefficient (Wildman–Crippen LogP) is 3.81. The van der Waals surface area contributed by atoms with Crippen LogP contribution in [0.25, 0.3) is 0 Å². The molecule has 0 aliphatic heterocycles. The molecule has 2 aromatic carbocycles. The van der Waals surface area contributed by atoms with Crippen LogP contribution in [0, 0.1) is 6.92 Å². The fourth-order valence-corrected chi connectivity index (χ4v) is 1.85. The van der Waals surface area contributed by atoms with E-state index in [4.69, 9.17) is 10.5 Å². The van der Waals surface area contributed by atoms with Crippen LogP contribution >= 0.6 is 0 Å². The highest BCUT2D eigenvalue weighted by Gasteiger charge is 2.05. The maximum atomic E-state index is 5.88. The fourth-order valence-electron chi connectivity index (χ4n) is 1.85. The van der Waals surface area contributed by atoms with Crippen molar-refractivity contribution in [3.05, 3.63) is 59.7 Å². The van der Waals surface area contributed by atoms with E-state index in [0.29, 0.717) is 0 Å². The fraction of sp³-hybridized carbons (Fsp3) is 0.200. The molecule has 1 atom stereocenters. The number of hydrogen-bond acceptors (Lipinski definition) is 2. The number of rotatable bonds is 3. The minimum atomic E-state index is 0.0563. The predicted molar refractivity (Wildman–Crippen MR) is 70.3 cm³/mol. The third kappa shape index (κ3) is 2.86. The Labute approximate surface area is 102 Å². The van der Waals surface area contributed by atoms with Crippen molar-refractivity contribution in [2.24, 2.45) is 5.73 Å². The molecule has 0 aliphatic rings. The summed E-state index contributed by atoms with van der Waals surface area (Å²) in [7, 11) is 0. The standard InChI is InChI=1S/C15H17NO/c1-11-10-14(8-9-15(11)12(2)16)17-13-6-4-3-5-7-13/h3-10,12H,16H2,1-2H3. The number of benzene rings is 2. The third-order valence-corrected chi connectivity index (χ3v) is 2.71. The van der Waals surface area contributed by atoms with Gasteiger partial charge in [-0.25, -0.2) is 0 Å². The number of ether oxygens (including phenoxy) is 1. The topological polar surface area (TPSA) is 35.2 Å². The molecule has 0 saturated carbocycles. The molecule has 2 aromatic rings. The zero-order valence-electron chi connectivity index (χ0n) is 10.2. The molecular formula is C15H17NO. The van der Waals surface area contributed by atoms with Crippen molar-refractivity contribution in [2.75, 3.05) is 0 Å². The summed E-state index contributed by atoms with van der Waals surface area (Å²) in [6.07, 6.45) is 0. The molecule has 0 aliphatic carbocycles. The van der Waals surface area contributed by atoms with Gasteiger partial charge in [-0.15, -0.1) is 0 Å². The lowest BCUT2D eigenvalue weighted by atomic mass is 10.0. The highest BCUT2D eigenvalue weighted by molar-refractivity contribution is 5.38.